The van der Waals surface area contributed by atoms with E-state index in [1.807, 2.05) is 12.1 Å². The Hall–Kier alpha value is -0.580. The van der Waals surface area contributed by atoms with E-state index >= 15 is 0 Å². The summed E-state index contributed by atoms with van der Waals surface area (Å²) in [7, 11) is 1.71. The Morgan fingerprint density at radius 1 is 1.21 bits per heavy atom. The first-order chi connectivity index (χ1) is 9.27. The van der Waals surface area contributed by atoms with Crippen molar-refractivity contribution in [1.29, 1.82) is 0 Å². The summed E-state index contributed by atoms with van der Waals surface area (Å²) in [5.41, 5.74) is 1.18. The van der Waals surface area contributed by atoms with E-state index in [-0.39, 0.29) is 0 Å². The van der Waals surface area contributed by atoms with Crippen LogP contribution in [-0.2, 0) is 11.3 Å². The summed E-state index contributed by atoms with van der Waals surface area (Å²) in [4.78, 5) is 0. The predicted octanol–water partition coefficient (Wildman–Crippen LogP) is 3.75. The van der Waals surface area contributed by atoms with Gasteiger partial charge < -0.3 is 14.8 Å². The largest absolute Gasteiger partial charge is 0.493 e. The molecule has 0 aromatic heterocycles. The van der Waals surface area contributed by atoms with Gasteiger partial charge in [0.15, 0.2) is 0 Å². The number of rotatable bonds is 10. The molecule has 0 unspecified atom stereocenters. The number of hydrogen-bond donors (Lipinski definition) is 1. The van der Waals surface area contributed by atoms with Gasteiger partial charge in [-0.3, -0.25) is 0 Å². The quantitative estimate of drug-likeness (QED) is 0.663. The van der Waals surface area contributed by atoms with E-state index < -0.39 is 0 Å². The van der Waals surface area contributed by atoms with Crippen LogP contribution < -0.4 is 10.1 Å². The highest BCUT2D eigenvalue weighted by atomic mass is 79.9. The molecule has 1 N–H and O–H groups in total. The molecule has 108 valence electrons. The minimum Gasteiger partial charge on any atom is -0.493 e. The molecule has 0 spiro atoms. The summed E-state index contributed by atoms with van der Waals surface area (Å²) in [6.07, 6.45) is 3.55. The van der Waals surface area contributed by atoms with Crippen LogP contribution in [0.25, 0.3) is 0 Å². The standard InChI is InChI=1S/C15H24BrNO2/c1-3-4-5-9-19-15-7-6-14(16)11-13(15)12-17-8-10-18-2/h6-7,11,17H,3-5,8-10,12H2,1-2H3. The summed E-state index contributed by atoms with van der Waals surface area (Å²) in [5, 5.41) is 3.35. The van der Waals surface area contributed by atoms with Crippen LogP contribution in [0, 0.1) is 0 Å². The molecular weight excluding hydrogens is 306 g/mol. The molecule has 0 amide bonds. The third-order valence-electron chi connectivity index (χ3n) is 2.83. The lowest BCUT2D eigenvalue weighted by Gasteiger charge is -2.12. The van der Waals surface area contributed by atoms with Gasteiger partial charge in [-0.1, -0.05) is 35.7 Å². The lowest BCUT2D eigenvalue weighted by Crippen LogP contribution is -2.19. The molecule has 0 aliphatic carbocycles. The molecule has 0 saturated carbocycles. The van der Waals surface area contributed by atoms with Crippen molar-refractivity contribution in [3.05, 3.63) is 28.2 Å². The minimum atomic E-state index is 0.723. The van der Waals surface area contributed by atoms with Crippen molar-refractivity contribution >= 4 is 15.9 Å². The summed E-state index contributed by atoms with van der Waals surface area (Å²) >= 11 is 3.50. The monoisotopic (exact) mass is 329 g/mol. The van der Waals surface area contributed by atoms with Crippen molar-refractivity contribution in [1.82, 2.24) is 5.32 Å². The van der Waals surface area contributed by atoms with E-state index in [4.69, 9.17) is 9.47 Å². The predicted molar refractivity (Wildman–Crippen MR) is 82.7 cm³/mol. The van der Waals surface area contributed by atoms with Crippen LogP contribution >= 0.6 is 15.9 Å². The van der Waals surface area contributed by atoms with Crippen LogP contribution in [0.1, 0.15) is 31.7 Å². The molecule has 1 aromatic carbocycles. The molecule has 19 heavy (non-hydrogen) atoms. The number of hydrogen-bond acceptors (Lipinski definition) is 3. The fraction of sp³-hybridized carbons (Fsp3) is 0.600. The van der Waals surface area contributed by atoms with Gasteiger partial charge >= 0.3 is 0 Å². The van der Waals surface area contributed by atoms with Gasteiger partial charge in [0.05, 0.1) is 13.2 Å². The van der Waals surface area contributed by atoms with Crippen molar-refractivity contribution in [2.24, 2.45) is 0 Å². The maximum Gasteiger partial charge on any atom is 0.123 e. The molecule has 0 heterocycles. The van der Waals surface area contributed by atoms with Crippen LogP contribution in [0.15, 0.2) is 22.7 Å². The first-order valence-electron chi connectivity index (χ1n) is 6.88. The smallest absolute Gasteiger partial charge is 0.123 e. The van der Waals surface area contributed by atoms with Crippen LogP contribution in [0.2, 0.25) is 0 Å². The Balaban J connectivity index is 2.48. The first-order valence-corrected chi connectivity index (χ1v) is 7.68. The van der Waals surface area contributed by atoms with Gasteiger partial charge in [0.25, 0.3) is 0 Å². The van der Waals surface area contributed by atoms with Gasteiger partial charge in [-0.05, 0) is 24.6 Å². The molecule has 3 nitrogen and oxygen atoms in total. The maximum absolute atomic E-state index is 5.86. The van der Waals surface area contributed by atoms with Gasteiger partial charge in [0, 0.05) is 30.2 Å². The lowest BCUT2D eigenvalue weighted by molar-refractivity contribution is 0.199. The minimum absolute atomic E-state index is 0.723. The number of halogens is 1. The highest BCUT2D eigenvalue weighted by molar-refractivity contribution is 9.10. The van der Waals surface area contributed by atoms with E-state index in [1.165, 1.54) is 18.4 Å². The molecule has 1 rings (SSSR count). The van der Waals surface area contributed by atoms with Crippen molar-refractivity contribution in [3.8, 4) is 5.75 Å². The Morgan fingerprint density at radius 3 is 2.79 bits per heavy atom. The molecule has 1 aromatic rings. The van der Waals surface area contributed by atoms with E-state index in [2.05, 4.69) is 34.2 Å². The third kappa shape index (κ3) is 6.95. The average molecular weight is 330 g/mol. The van der Waals surface area contributed by atoms with Crippen LogP contribution in [0.5, 0.6) is 5.75 Å². The second kappa shape index (κ2) is 10.2. The Bertz CT molecular complexity index is 358. The second-order valence-electron chi connectivity index (χ2n) is 4.48. The fourth-order valence-electron chi connectivity index (χ4n) is 1.76. The topological polar surface area (TPSA) is 30.5 Å². The Kier molecular flexibility index (Phi) is 8.88. The SMILES string of the molecule is CCCCCOc1ccc(Br)cc1CNCCOC. The molecule has 0 atom stereocenters. The molecule has 0 saturated heterocycles. The van der Waals surface area contributed by atoms with Crippen molar-refractivity contribution in [2.45, 2.75) is 32.7 Å². The normalized spacial score (nSPS) is 10.7. The zero-order chi connectivity index (χ0) is 13.9. The van der Waals surface area contributed by atoms with E-state index in [0.29, 0.717) is 0 Å². The number of benzene rings is 1. The van der Waals surface area contributed by atoms with Gasteiger partial charge in [-0.15, -0.1) is 0 Å². The first kappa shape index (κ1) is 16.5. The molecule has 4 heteroatoms. The van der Waals surface area contributed by atoms with Crippen molar-refractivity contribution in [3.63, 3.8) is 0 Å². The van der Waals surface area contributed by atoms with E-state index in [9.17, 15) is 0 Å². The number of methoxy groups -OCH3 is 1. The maximum atomic E-state index is 5.86. The second-order valence-corrected chi connectivity index (χ2v) is 5.39. The third-order valence-corrected chi connectivity index (χ3v) is 3.32. The average Bonchev–Trinajstić information content (AvgIpc) is 2.41. The van der Waals surface area contributed by atoms with Gasteiger partial charge in [-0.2, -0.15) is 0 Å². The summed E-state index contributed by atoms with van der Waals surface area (Å²) in [6.45, 7) is 5.36. The van der Waals surface area contributed by atoms with Gasteiger partial charge in [-0.25, -0.2) is 0 Å². The van der Waals surface area contributed by atoms with Crippen molar-refractivity contribution < 1.29 is 9.47 Å². The molecule has 0 bridgehead atoms. The molecule has 0 aliphatic rings. The summed E-state index contributed by atoms with van der Waals surface area (Å²) < 4.78 is 12.0. The number of unbranched alkanes of at least 4 members (excludes halogenated alkanes) is 2. The van der Waals surface area contributed by atoms with Crippen LogP contribution in [-0.4, -0.2) is 26.9 Å². The Morgan fingerprint density at radius 2 is 2.05 bits per heavy atom. The number of ether oxygens (including phenoxy) is 2. The number of nitrogens with one attached hydrogen (secondary N) is 1. The molecule has 0 radical (unpaired) electrons. The van der Waals surface area contributed by atoms with Crippen LogP contribution in [0.3, 0.4) is 0 Å². The lowest BCUT2D eigenvalue weighted by atomic mass is 10.2. The summed E-state index contributed by atoms with van der Waals surface area (Å²) in [6, 6.07) is 6.16. The van der Waals surface area contributed by atoms with Gasteiger partial charge in [0.2, 0.25) is 0 Å². The van der Waals surface area contributed by atoms with Crippen molar-refractivity contribution in [2.75, 3.05) is 26.9 Å². The molecule has 0 fully saturated rings. The van der Waals surface area contributed by atoms with E-state index in [0.717, 1.165) is 42.9 Å². The zero-order valence-corrected chi connectivity index (χ0v) is 13.5. The highest BCUT2D eigenvalue weighted by Crippen LogP contribution is 2.23. The Labute approximate surface area is 124 Å². The zero-order valence-electron chi connectivity index (χ0n) is 11.9. The van der Waals surface area contributed by atoms with E-state index in [1.54, 1.807) is 7.11 Å². The molecule has 0 aliphatic heterocycles. The van der Waals surface area contributed by atoms with Crippen LogP contribution in [0.4, 0.5) is 0 Å². The molecular formula is C15H24BrNO2. The summed E-state index contributed by atoms with van der Waals surface area (Å²) in [5.74, 6) is 0.976. The highest BCUT2D eigenvalue weighted by Gasteiger charge is 2.04. The van der Waals surface area contributed by atoms with Gasteiger partial charge in [0.1, 0.15) is 5.75 Å². The fourth-order valence-corrected chi connectivity index (χ4v) is 2.17.